The summed E-state index contributed by atoms with van der Waals surface area (Å²) in [5.41, 5.74) is 2.07. The van der Waals surface area contributed by atoms with Crippen LogP contribution in [0.25, 0.3) is 0 Å². The summed E-state index contributed by atoms with van der Waals surface area (Å²) < 4.78 is 6.28. The average molecular weight is 477 g/mol. The molecule has 0 spiro atoms. The van der Waals surface area contributed by atoms with Gasteiger partial charge in [-0.15, -0.1) is 0 Å². The van der Waals surface area contributed by atoms with Crippen LogP contribution in [0, 0.1) is 11.8 Å². The summed E-state index contributed by atoms with van der Waals surface area (Å²) in [5, 5.41) is 0.868. The molecule has 0 radical (unpaired) electrons. The number of ether oxygens (including phenoxy) is 1. The number of ketones is 2. The smallest absolute Gasteiger partial charge is 0.167 e. The topological polar surface area (TPSA) is 49.9 Å². The van der Waals surface area contributed by atoms with E-state index < -0.39 is 5.92 Å². The molecule has 0 N–H and O–H groups in total. The van der Waals surface area contributed by atoms with E-state index in [1.54, 1.807) is 12.1 Å². The van der Waals surface area contributed by atoms with Crippen LogP contribution in [0.2, 0.25) is 10.0 Å². The molecule has 1 aromatic carbocycles. The Morgan fingerprint density at radius 3 is 1.78 bits per heavy atom. The summed E-state index contributed by atoms with van der Waals surface area (Å²) >= 11 is 12.6. The maximum Gasteiger partial charge on any atom is 0.167 e. The third-order valence-corrected chi connectivity index (χ3v) is 7.32. The van der Waals surface area contributed by atoms with E-state index in [0.29, 0.717) is 47.1 Å². The van der Waals surface area contributed by atoms with Gasteiger partial charge in [-0.3, -0.25) is 9.59 Å². The minimum Gasteiger partial charge on any atom is -0.465 e. The van der Waals surface area contributed by atoms with Crippen molar-refractivity contribution in [2.24, 2.45) is 11.8 Å². The first-order valence-corrected chi connectivity index (χ1v) is 11.9. The van der Waals surface area contributed by atoms with Gasteiger partial charge in [-0.1, -0.05) is 29.3 Å². The van der Waals surface area contributed by atoms with Gasteiger partial charge in [-0.2, -0.15) is 0 Å². The van der Waals surface area contributed by atoms with Crippen molar-refractivity contribution < 1.29 is 14.3 Å². The summed E-state index contributed by atoms with van der Waals surface area (Å²) in [7, 11) is 7.90. The molecule has 2 aliphatic carbocycles. The van der Waals surface area contributed by atoms with E-state index >= 15 is 0 Å². The highest BCUT2D eigenvalue weighted by atomic mass is 35.5. The van der Waals surface area contributed by atoms with Gasteiger partial charge in [-0.05, 0) is 58.7 Å². The molecule has 0 unspecified atom stereocenters. The highest BCUT2D eigenvalue weighted by Gasteiger charge is 2.46. The van der Waals surface area contributed by atoms with Crippen molar-refractivity contribution in [3.05, 3.63) is 56.5 Å². The molecule has 5 nitrogen and oxygen atoms in total. The molecule has 32 heavy (non-hydrogen) atoms. The Labute approximate surface area is 200 Å². The molecule has 1 heterocycles. The number of allylic oxidation sites excluding steroid dienone is 4. The van der Waals surface area contributed by atoms with Crippen LogP contribution in [-0.4, -0.2) is 62.6 Å². The zero-order valence-corrected chi connectivity index (χ0v) is 20.6. The lowest BCUT2D eigenvalue weighted by molar-refractivity contribution is -0.122. The number of carbonyl (C=O) groups excluding carboxylic acids is 2. The van der Waals surface area contributed by atoms with Crippen molar-refractivity contribution in [2.75, 3.05) is 41.3 Å². The molecule has 0 saturated carbocycles. The fourth-order valence-electron chi connectivity index (χ4n) is 5.22. The number of Topliss-reactive ketones (excluding diaryl/α,β-unsaturated/α-hetero) is 2. The van der Waals surface area contributed by atoms with Crippen molar-refractivity contribution >= 4 is 34.8 Å². The van der Waals surface area contributed by atoms with Crippen molar-refractivity contribution in [1.29, 1.82) is 0 Å². The summed E-state index contributed by atoms with van der Waals surface area (Å²) in [6.45, 7) is 1.35. The van der Waals surface area contributed by atoms with Gasteiger partial charge < -0.3 is 14.5 Å². The quantitative estimate of drug-likeness (QED) is 0.616. The Morgan fingerprint density at radius 1 is 0.844 bits per heavy atom. The predicted octanol–water partition coefficient (Wildman–Crippen LogP) is 4.70. The molecule has 1 aromatic rings. The van der Waals surface area contributed by atoms with Crippen LogP contribution < -0.4 is 0 Å². The van der Waals surface area contributed by atoms with E-state index in [0.717, 1.165) is 29.9 Å². The molecule has 2 atom stereocenters. The summed E-state index contributed by atoms with van der Waals surface area (Å²) in [6, 6.07) is 5.41. The first-order valence-electron chi connectivity index (χ1n) is 11.1. The Kier molecular flexibility index (Phi) is 6.83. The minimum absolute atomic E-state index is 0.0742. The fourth-order valence-corrected chi connectivity index (χ4v) is 5.53. The summed E-state index contributed by atoms with van der Waals surface area (Å²) in [6.07, 6.45) is 2.90. The minimum atomic E-state index is -0.460. The number of nitrogens with zero attached hydrogens (tertiary/aromatic N) is 2. The number of hydrogen-bond acceptors (Lipinski definition) is 5. The molecule has 0 bridgehead atoms. The Bertz CT molecular complexity index is 958. The van der Waals surface area contributed by atoms with Crippen molar-refractivity contribution in [2.45, 2.75) is 31.6 Å². The van der Waals surface area contributed by atoms with E-state index in [1.807, 2.05) is 44.1 Å². The molecule has 0 amide bonds. The zero-order valence-electron chi connectivity index (χ0n) is 19.1. The second kappa shape index (κ2) is 9.30. The maximum atomic E-state index is 13.7. The third kappa shape index (κ3) is 4.41. The van der Waals surface area contributed by atoms with Gasteiger partial charge in [0.1, 0.15) is 11.5 Å². The normalized spacial score (nSPS) is 24.2. The molecule has 0 saturated heterocycles. The van der Waals surface area contributed by atoms with Gasteiger partial charge >= 0.3 is 0 Å². The van der Waals surface area contributed by atoms with E-state index in [1.165, 1.54) is 0 Å². The Hall–Kier alpha value is -1.66. The lowest BCUT2D eigenvalue weighted by Gasteiger charge is -2.40. The van der Waals surface area contributed by atoms with Gasteiger partial charge in [0, 0.05) is 54.8 Å². The lowest BCUT2D eigenvalue weighted by Crippen LogP contribution is -2.40. The van der Waals surface area contributed by atoms with Crippen LogP contribution in [0.5, 0.6) is 0 Å². The lowest BCUT2D eigenvalue weighted by atomic mass is 9.69. The molecule has 1 aliphatic heterocycles. The summed E-state index contributed by atoms with van der Waals surface area (Å²) in [4.78, 5) is 31.5. The fraction of sp³-hybridized carbons (Fsp3) is 0.520. The third-order valence-electron chi connectivity index (χ3n) is 6.58. The zero-order chi connectivity index (χ0) is 23.2. The molecule has 0 fully saturated rings. The molecular formula is C25H30Cl2N2O3. The number of benzene rings is 1. The van der Waals surface area contributed by atoms with Gasteiger partial charge in [-0.25, -0.2) is 0 Å². The Balaban J connectivity index is 1.82. The first kappa shape index (κ1) is 23.5. The summed E-state index contributed by atoms with van der Waals surface area (Å²) in [5.74, 6) is 0.901. The van der Waals surface area contributed by atoms with Crippen LogP contribution in [0.1, 0.15) is 37.2 Å². The molecule has 172 valence electrons. The van der Waals surface area contributed by atoms with Crippen LogP contribution in [0.3, 0.4) is 0 Å². The number of rotatable bonds is 5. The number of hydrogen-bond donors (Lipinski definition) is 0. The van der Waals surface area contributed by atoms with Gasteiger partial charge in [0.05, 0.1) is 10.0 Å². The molecule has 7 heteroatoms. The van der Waals surface area contributed by atoms with E-state index in [4.69, 9.17) is 27.9 Å². The standard InChI is InChI=1S/C25H30Cl2N2O3/c1-28(2)12-15-6-9-19-22(24(15)30)21(14-5-8-17(26)18(27)11-14)23-20(32-19)10-7-16(25(23)31)13-29(3)4/h5,8,11,15-16,21H,6-7,9-10,12-13H2,1-4H3/t15-,16-/m0/s1. The highest BCUT2D eigenvalue weighted by molar-refractivity contribution is 6.42. The van der Waals surface area contributed by atoms with Gasteiger partial charge in [0.2, 0.25) is 0 Å². The number of carbonyl (C=O) groups is 2. The largest absolute Gasteiger partial charge is 0.465 e. The van der Waals surface area contributed by atoms with Crippen molar-refractivity contribution in [3.8, 4) is 0 Å². The van der Waals surface area contributed by atoms with E-state index in [9.17, 15) is 9.59 Å². The molecule has 0 aromatic heterocycles. The van der Waals surface area contributed by atoms with Crippen LogP contribution in [-0.2, 0) is 14.3 Å². The Morgan fingerprint density at radius 2 is 1.34 bits per heavy atom. The maximum absolute atomic E-state index is 13.7. The van der Waals surface area contributed by atoms with Gasteiger partial charge in [0.25, 0.3) is 0 Å². The molecule has 4 rings (SSSR count). The number of halogens is 2. The second-order valence-electron chi connectivity index (χ2n) is 9.61. The first-order chi connectivity index (χ1) is 15.2. The average Bonchev–Trinajstić information content (AvgIpc) is 2.72. The van der Waals surface area contributed by atoms with E-state index in [2.05, 4.69) is 0 Å². The SMILES string of the molecule is CN(C)C[C@@H]1CCC2=C(C1=O)C(c1ccc(Cl)c(Cl)c1)C1=C(CC[C@@H](CN(C)C)C1=O)O2. The van der Waals surface area contributed by atoms with E-state index in [-0.39, 0.29) is 23.4 Å². The van der Waals surface area contributed by atoms with Crippen LogP contribution in [0.15, 0.2) is 40.9 Å². The van der Waals surface area contributed by atoms with Crippen LogP contribution in [0.4, 0.5) is 0 Å². The van der Waals surface area contributed by atoms with Crippen LogP contribution >= 0.6 is 23.2 Å². The molecule has 3 aliphatic rings. The molecular weight excluding hydrogens is 447 g/mol. The monoisotopic (exact) mass is 476 g/mol. The second-order valence-corrected chi connectivity index (χ2v) is 10.4. The van der Waals surface area contributed by atoms with Crippen molar-refractivity contribution in [1.82, 2.24) is 9.80 Å². The van der Waals surface area contributed by atoms with Crippen molar-refractivity contribution in [3.63, 3.8) is 0 Å². The predicted molar refractivity (Wildman–Crippen MR) is 127 cm³/mol. The highest BCUT2D eigenvalue weighted by Crippen LogP contribution is 2.50. The van der Waals surface area contributed by atoms with Gasteiger partial charge in [0.15, 0.2) is 11.6 Å².